The van der Waals surface area contributed by atoms with Crippen molar-refractivity contribution in [2.24, 2.45) is 0 Å². The molecule has 7 heteroatoms. The zero-order valence-corrected chi connectivity index (χ0v) is 15.5. The van der Waals surface area contributed by atoms with Crippen molar-refractivity contribution in [1.29, 1.82) is 0 Å². The number of carbonyl (C=O) groups is 1. The van der Waals surface area contributed by atoms with Gasteiger partial charge in [-0.3, -0.25) is 9.00 Å². The predicted octanol–water partition coefficient (Wildman–Crippen LogP) is 3.57. The number of amides is 1. The highest BCUT2D eigenvalue weighted by Gasteiger charge is 2.29. The summed E-state index contributed by atoms with van der Waals surface area (Å²) in [7, 11) is -0.948. The smallest absolute Gasteiger partial charge is 0.266 e. The Balaban J connectivity index is 1.81. The first-order valence-electron chi connectivity index (χ1n) is 7.91. The number of nitrogens with zero attached hydrogens (tertiary/aromatic N) is 2. The van der Waals surface area contributed by atoms with Crippen molar-refractivity contribution in [3.8, 4) is 5.69 Å². The lowest BCUT2D eigenvalue weighted by atomic mass is 10.1. The Labute approximate surface area is 152 Å². The van der Waals surface area contributed by atoms with Gasteiger partial charge in [-0.1, -0.05) is 23.8 Å². The molecule has 0 fully saturated rings. The Morgan fingerprint density at radius 2 is 2.12 bits per heavy atom. The average Bonchev–Trinajstić information content (AvgIpc) is 3.25. The number of rotatable bonds is 3. The molecule has 1 atom stereocenters. The summed E-state index contributed by atoms with van der Waals surface area (Å²) >= 11 is 1.39. The highest BCUT2D eigenvalue weighted by atomic mass is 32.2. The van der Waals surface area contributed by atoms with Crippen LogP contribution in [-0.2, 0) is 22.3 Å². The topological polar surface area (TPSA) is 64.0 Å². The van der Waals surface area contributed by atoms with E-state index in [-0.39, 0.29) is 5.91 Å². The molecule has 0 radical (unpaired) electrons. The summed E-state index contributed by atoms with van der Waals surface area (Å²) in [4.78, 5) is 13.2. The summed E-state index contributed by atoms with van der Waals surface area (Å²) in [5.41, 5.74) is 4.86. The van der Waals surface area contributed by atoms with Crippen LogP contribution in [0.15, 0.2) is 35.7 Å². The minimum atomic E-state index is -0.948. The molecule has 2 aromatic heterocycles. The molecule has 0 unspecified atom stereocenters. The Kier molecular flexibility index (Phi) is 4.05. The molecule has 3 aromatic rings. The molecule has 0 spiro atoms. The molecule has 4 rings (SSSR count). The predicted molar refractivity (Wildman–Crippen MR) is 101 cm³/mol. The van der Waals surface area contributed by atoms with Gasteiger partial charge in [-0.05, 0) is 36.9 Å². The van der Waals surface area contributed by atoms with E-state index in [1.165, 1.54) is 16.9 Å². The third-order valence-electron chi connectivity index (χ3n) is 4.23. The second-order valence-electron chi connectivity index (χ2n) is 6.14. The number of benzene rings is 1. The van der Waals surface area contributed by atoms with Crippen LogP contribution in [0.1, 0.15) is 32.1 Å². The van der Waals surface area contributed by atoms with Crippen LogP contribution in [0.25, 0.3) is 5.69 Å². The molecular formula is C18H17N3O2S2. The van der Waals surface area contributed by atoms with Gasteiger partial charge in [-0.15, -0.1) is 11.3 Å². The summed E-state index contributed by atoms with van der Waals surface area (Å²) in [6.07, 6.45) is 0. The minimum absolute atomic E-state index is 0.165. The average molecular weight is 371 g/mol. The van der Waals surface area contributed by atoms with Gasteiger partial charge in [0.2, 0.25) is 0 Å². The second-order valence-corrected chi connectivity index (χ2v) is 8.54. The van der Waals surface area contributed by atoms with Crippen molar-refractivity contribution < 1.29 is 9.00 Å². The Bertz CT molecular complexity index is 990. The largest absolute Gasteiger partial charge is 0.305 e. The molecule has 25 heavy (non-hydrogen) atoms. The normalized spacial score (nSPS) is 16.0. The first-order chi connectivity index (χ1) is 12.0. The van der Waals surface area contributed by atoms with Crippen LogP contribution in [-0.4, -0.2) is 19.9 Å². The minimum Gasteiger partial charge on any atom is -0.305 e. The standard InChI is InChI=1S/C18H17N3O2S2/c1-11-5-6-15(12(2)8-11)21-17(13-9-25(23)10-14(13)20-21)19-18(22)16-4-3-7-24-16/h3-8H,9-10H2,1-2H3,(H,19,22)/t25-/m0/s1. The molecule has 0 bridgehead atoms. The zero-order chi connectivity index (χ0) is 17.6. The van der Waals surface area contributed by atoms with Crippen molar-refractivity contribution in [2.45, 2.75) is 25.4 Å². The first kappa shape index (κ1) is 16.2. The van der Waals surface area contributed by atoms with Gasteiger partial charge in [-0.2, -0.15) is 5.10 Å². The highest BCUT2D eigenvalue weighted by molar-refractivity contribution is 7.83. The quantitative estimate of drug-likeness (QED) is 0.766. The maximum Gasteiger partial charge on any atom is 0.266 e. The van der Waals surface area contributed by atoms with Gasteiger partial charge < -0.3 is 5.32 Å². The van der Waals surface area contributed by atoms with E-state index in [2.05, 4.69) is 16.5 Å². The van der Waals surface area contributed by atoms with Crippen molar-refractivity contribution in [3.05, 3.63) is 63.0 Å². The number of carbonyl (C=O) groups excluding carboxylic acids is 1. The Morgan fingerprint density at radius 3 is 2.84 bits per heavy atom. The highest BCUT2D eigenvalue weighted by Crippen LogP contribution is 2.32. The fraction of sp³-hybridized carbons (Fsp3) is 0.222. The summed E-state index contributed by atoms with van der Waals surface area (Å²) in [6.45, 7) is 4.07. The number of fused-ring (bicyclic) bond motifs is 1. The van der Waals surface area contributed by atoms with Crippen LogP contribution in [0.5, 0.6) is 0 Å². The van der Waals surface area contributed by atoms with Gasteiger partial charge in [-0.25, -0.2) is 4.68 Å². The lowest BCUT2D eigenvalue weighted by Gasteiger charge is -2.13. The third kappa shape index (κ3) is 2.94. The second kappa shape index (κ2) is 6.24. The fourth-order valence-electron chi connectivity index (χ4n) is 3.05. The molecule has 1 aromatic carbocycles. The SMILES string of the molecule is Cc1ccc(-n2nc3c(c2NC(=O)c2cccs2)C[S@](=O)C3)c(C)c1. The zero-order valence-electron chi connectivity index (χ0n) is 13.9. The first-order valence-corrected chi connectivity index (χ1v) is 10.3. The van der Waals surface area contributed by atoms with Crippen LogP contribution in [0, 0.1) is 13.8 Å². The molecule has 1 amide bonds. The van der Waals surface area contributed by atoms with Gasteiger partial charge in [0.05, 0.1) is 27.8 Å². The summed E-state index contributed by atoms with van der Waals surface area (Å²) in [5.74, 6) is 1.34. The van der Waals surface area contributed by atoms with Crippen LogP contribution in [0.4, 0.5) is 5.82 Å². The summed E-state index contributed by atoms with van der Waals surface area (Å²) < 4.78 is 13.7. The lowest BCUT2D eigenvalue weighted by Crippen LogP contribution is -2.16. The number of thiophene rings is 1. The maximum atomic E-state index is 12.6. The number of hydrogen-bond acceptors (Lipinski definition) is 4. The Hall–Kier alpha value is -2.25. The molecule has 1 aliphatic rings. The molecule has 5 nitrogen and oxygen atoms in total. The van der Waals surface area contributed by atoms with Crippen molar-refractivity contribution >= 4 is 33.9 Å². The van der Waals surface area contributed by atoms with Crippen molar-refractivity contribution in [1.82, 2.24) is 9.78 Å². The molecule has 128 valence electrons. The van der Waals surface area contributed by atoms with Gasteiger partial charge in [0, 0.05) is 16.4 Å². The molecule has 1 aliphatic heterocycles. The molecule has 3 heterocycles. The van der Waals surface area contributed by atoms with E-state index in [1.54, 1.807) is 10.7 Å². The van der Waals surface area contributed by atoms with Crippen LogP contribution >= 0.6 is 11.3 Å². The van der Waals surface area contributed by atoms with E-state index >= 15 is 0 Å². The van der Waals surface area contributed by atoms with Crippen LogP contribution in [0.2, 0.25) is 0 Å². The monoisotopic (exact) mass is 371 g/mol. The Morgan fingerprint density at radius 1 is 1.28 bits per heavy atom. The van der Waals surface area contributed by atoms with Crippen LogP contribution < -0.4 is 5.32 Å². The maximum absolute atomic E-state index is 12.6. The molecule has 0 saturated heterocycles. The van der Waals surface area contributed by atoms with E-state index in [0.717, 1.165) is 22.5 Å². The number of anilines is 1. The molecule has 0 saturated carbocycles. The third-order valence-corrected chi connectivity index (χ3v) is 6.30. The summed E-state index contributed by atoms with van der Waals surface area (Å²) in [6, 6.07) is 9.75. The van der Waals surface area contributed by atoms with Gasteiger partial charge >= 0.3 is 0 Å². The fourth-order valence-corrected chi connectivity index (χ4v) is 4.93. The van der Waals surface area contributed by atoms with E-state index in [4.69, 9.17) is 0 Å². The van der Waals surface area contributed by atoms with Crippen LogP contribution in [0.3, 0.4) is 0 Å². The lowest BCUT2D eigenvalue weighted by molar-refractivity contribution is 0.102. The number of nitrogens with one attached hydrogen (secondary N) is 1. The molecule has 0 aliphatic carbocycles. The van der Waals surface area contributed by atoms with Gasteiger partial charge in [0.1, 0.15) is 5.82 Å². The number of aromatic nitrogens is 2. The van der Waals surface area contributed by atoms with E-state index in [1.807, 2.05) is 37.4 Å². The van der Waals surface area contributed by atoms with E-state index in [0.29, 0.717) is 22.2 Å². The van der Waals surface area contributed by atoms with E-state index < -0.39 is 10.8 Å². The summed E-state index contributed by atoms with van der Waals surface area (Å²) in [5, 5.41) is 9.51. The van der Waals surface area contributed by atoms with E-state index in [9.17, 15) is 9.00 Å². The molecule has 1 N–H and O–H groups in total. The number of aryl methyl sites for hydroxylation is 2. The molecular weight excluding hydrogens is 354 g/mol. The van der Waals surface area contributed by atoms with Crippen molar-refractivity contribution in [2.75, 3.05) is 5.32 Å². The van der Waals surface area contributed by atoms with Crippen molar-refractivity contribution in [3.63, 3.8) is 0 Å². The van der Waals surface area contributed by atoms with Gasteiger partial charge in [0.15, 0.2) is 0 Å². The van der Waals surface area contributed by atoms with Gasteiger partial charge in [0.25, 0.3) is 5.91 Å². The number of hydrogen-bond donors (Lipinski definition) is 1.